The molecule has 0 unspecified atom stereocenters. The predicted octanol–water partition coefficient (Wildman–Crippen LogP) is -2.32. The molecule has 4 nitrogen and oxygen atoms in total. The average Bonchev–Trinajstić information content (AvgIpc) is 3.01. The zero-order valence-electron chi connectivity index (χ0n) is 11.4. The molecular weight excluding hydrogens is 274 g/mol. The number of carbonyl (C=O) groups excluding carboxylic acids is 1. The van der Waals surface area contributed by atoms with Gasteiger partial charge in [-0.3, -0.25) is 4.79 Å². The molecule has 1 aromatic rings. The molecule has 1 aromatic carbocycles. The minimum absolute atomic E-state index is 0. The van der Waals surface area contributed by atoms with Crippen molar-refractivity contribution in [3.63, 3.8) is 0 Å². The highest BCUT2D eigenvalue weighted by Crippen LogP contribution is 2.36. The third-order valence-electron chi connectivity index (χ3n) is 4.14. The van der Waals surface area contributed by atoms with Gasteiger partial charge >= 0.3 is 0 Å². The van der Waals surface area contributed by atoms with E-state index in [2.05, 4.69) is 28.2 Å². The highest BCUT2D eigenvalue weighted by Gasteiger charge is 2.46. The quantitative estimate of drug-likeness (QED) is 0.646. The summed E-state index contributed by atoms with van der Waals surface area (Å²) < 4.78 is 0. The zero-order chi connectivity index (χ0) is 13.3. The smallest absolute Gasteiger partial charge is 0.253 e. The molecule has 5 heteroatoms. The lowest BCUT2D eigenvalue weighted by Gasteiger charge is -2.14. The van der Waals surface area contributed by atoms with Crippen molar-refractivity contribution < 1.29 is 22.9 Å². The molecule has 1 saturated carbocycles. The topological polar surface area (TPSA) is 69.1 Å². The van der Waals surface area contributed by atoms with E-state index < -0.39 is 5.54 Å². The molecule has 20 heavy (non-hydrogen) atoms. The van der Waals surface area contributed by atoms with Crippen molar-refractivity contribution in [1.82, 2.24) is 5.32 Å². The molecule has 0 bridgehead atoms. The van der Waals surface area contributed by atoms with Crippen LogP contribution in [0.2, 0.25) is 0 Å². The summed E-state index contributed by atoms with van der Waals surface area (Å²) in [4.78, 5) is 16.8. The van der Waals surface area contributed by atoms with Crippen LogP contribution in [0.3, 0.4) is 0 Å². The zero-order valence-corrected chi connectivity index (χ0v) is 12.2. The number of halogens is 1. The number of aliphatic imine (C=N–C) groups is 1. The highest BCUT2D eigenvalue weighted by atomic mass is 35.5. The van der Waals surface area contributed by atoms with Gasteiger partial charge in [0.1, 0.15) is 11.6 Å². The number of benzene rings is 1. The fourth-order valence-electron chi connectivity index (χ4n) is 3.03. The van der Waals surface area contributed by atoms with Crippen molar-refractivity contribution in [1.29, 1.82) is 0 Å². The Hall–Kier alpha value is -1.39. The molecule has 1 fully saturated rings. The number of hydrogen-bond donors (Lipinski definition) is 2. The van der Waals surface area contributed by atoms with Gasteiger partial charge in [0, 0.05) is 6.42 Å². The van der Waals surface area contributed by atoms with Gasteiger partial charge in [0.2, 0.25) is 0 Å². The van der Waals surface area contributed by atoms with Crippen LogP contribution in [0.25, 0.3) is 0 Å². The fourth-order valence-corrected chi connectivity index (χ4v) is 3.03. The molecule has 2 aliphatic rings. The van der Waals surface area contributed by atoms with Gasteiger partial charge in [-0.1, -0.05) is 43.2 Å². The number of amidine groups is 1. The number of nitrogens with one attached hydrogen (secondary N) is 1. The molecule has 0 saturated heterocycles. The van der Waals surface area contributed by atoms with Crippen LogP contribution in [0.15, 0.2) is 35.3 Å². The van der Waals surface area contributed by atoms with E-state index in [1.165, 1.54) is 5.56 Å². The Bertz CT molecular complexity index is 509. The lowest BCUT2D eigenvalue weighted by atomic mass is 9.99. The monoisotopic (exact) mass is 293 g/mol. The molecule has 108 valence electrons. The van der Waals surface area contributed by atoms with E-state index in [9.17, 15) is 4.79 Å². The van der Waals surface area contributed by atoms with Gasteiger partial charge in [0.05, 0.1) is 0 Å². The van der Waals surface area contributed by atoms with Crippen LogP contribution in [0.5, 0.6) is 0 Å². The van der Waals surface area contributed by atoms with E-state index in [4.69, 9.17) is 0 Å². The number of rotatable bonds is 3. The van der Waals surface area contributed by atoms with Crippen LogP contribution in [0, 0.1) is 0 Å². The summed E-state index contributed by atoms with van der Waals surface area (Å²) >= 11 is 0. The first-order valence-corrected chi connectivity index (χ1v) is 6.98. The van der Waals surface area contributed by atoms with Gasteiger partial charge in [-0.05, 0) is 18.4 Å². The first-order chi connectivity index (χ1) is 9.20. The second-order valence-corrected chi connectivity index (χ2v) is 5.58. The molecule has 0 aromatic heterocycles. The average molecular weight is 294 g/mol. The van der Waals surface area contributed by atoms with E-state index >= 15 is 0 Å². The molecule has 1 aliphatic heterocycles. The van der Waals surface area contributed by atoms with Crippen molar-refractivity contribution in [3.8, 4) is 0 Å². The first-order valence-electron chi connectivity index (χ1n) is 6.98. The van der Waals surface area contributed by atoms with Gasteiger partial charge in [0.15, 0.2) is 5.84 Å². The molecule has 4 N–H and O–H groups in total. The number of hydrogen-bond acceptors (Lipinski definition) is 2. The summed E-state index contributed by atoms with van der Waals surface area (Å²) in [7, 11) is 0. The Balaban J connectivity index is 0.00000147. The summed E-state index contributed by atoms with van der Waals surface area (Å²) in [5, 5.41) is 2.96. The number of carbonyl (C=O) groups is 1. The minimum atomic E-state index is -0.456. The molecule has 1 aliphatic carbocycles. The van der Waals surface area contributed by atoms with Crippen LogP contribution < -0.4 is 23.5 Å². The molecular formula is C15H20ClN3O. The Morgan fingerprint density at radius 2 is 1.90 bits per heavy atom. The van der Waals surface area contributed by atoms with Crippen molar-refractivity contribution in [2.45, 2.75) is 43.7 Å². The maximum atomic E-state index is 12.1. The second-order valence-electron chi connectivity index (χ2n) is 5.58. The number of quaternary nitrogens is 1. The SMILES string of the molecule is [Cl-].[NH3+][C@@H](Cc1ccccc1)C1=NC2(CCCC2)C(=O)N1. The molecule has 1 amide bonds. The maximum Gasteiger partial charge on any atom is 0.253 e. The summed E-state index contributed by atoms with van der Waals surface area (Å²) in [6, 6.07) is 10.2. The first kappa shape index (κ1) is 15.0. The van der Waals surface area contributed by atoms with Gasteiger partial charge in [-0.25, -0.2) is 4.99 Å². The van der Waals surface area contributed by atoms with Crippen molar-refractivity contribution in [2.24, 2.45) is 4.99 Å². The molecule has 3 rings (SSSR count). The van der Waals surface area contributed by atoms with Crippen LogP contribution in [0.4, 0.5) is 0 Å². The Morgan fingerprint density at radius 1 is 1.25 bits per heavy atom. The molecule has 0 radical (unpaired) electrons. The van der Waals surface area contributed by atoms with Gasteiger partial charge in [-0.2, -0.15) is 0 Å². The summed E-state index contributed by atoms with van der Waals surface area (Å²) in [6.45, 7) is 0. The lowest BCUT2D eigenvalue weighted by Crippen LogP contribution is -3.00. The van der Waals surface area contributed by atoms with E-state index in [-0.39, 0.29) is 24.4 Å². The van der Waals surface area contributed by atoms with Crippen molar-refractivity contribution in [3.05, 3.63) is 35.9 Å². The standard InChI is InChI=1S/C15H19N3O.ClH/c16-12(10-11-6-2-1-3-7-11)13-17-14(19)15(18-13)8-4-5-9-15;/h1-3,6-7,12H,4-5,8-10,16H2,(H,17,18,19);1H/t12-;/m0./s1. The molecule has 1 spiro atoms. The number of amides is 1. The summed E-state index contributed by atoms with van der Waals surface area (Å²) in [5.74, 6) is 0.859. The normalized spacial score (nSPS) is 21.2. The maximum absolute atomic E-state index is 12.1. The summed E-state index contributed by atoms with van der Waals surface area (Å²) in [5.41, 5.74) is 4.93. The minimum Gasteiger partial charge on any atom is -1.00 e. The van der Waals surface area contributed by atoms with Crippen LogP contribution in [-0.4, -0.2) is 23.3 Å². The third-order valence-corrected chi connectivity index (χ3v) is 4.14. The van der Waals surface area contributed by atoms with Gasteiger partial charge in [-0.15, -0.1) is 0 Å². The Morgan fingerprint density at radius 3 is 2.55 bits per heavy atom. The highest BCUT2D eigenvalue weighted by molar-refractivity contribution is 6.09. The Kier molecular flexibility index (Phi) is 4.45. The Labute approximate surface area is 125 Å². The van der Waals surface area contributed by atoms with Gasteiger partial charge in [0.25, 0.3) is 5.91 Å². The van der Waals surface area contributed by atoms with Crippen LogP contribution in [0.1, 0.15) is 31.2 Å². The van der Waals surface area contributed by atoms with E-state index in [0.29, 0.717) is 0 Å². The van der Waals surface area contributed by atoms with Crippen molar-refractivity contribution >= 4 is 11.7 Å². The molecule has 1 heterocycles. The van der Waals surface area contributed by atoms with E-state index in [1.54, 1.807) is 0 Å². The second kappa shape index (κ2) is 5.94. The van der Waals surface area contributed by atoms with Crippen LogP contribution >= 0.6 is 0 Å². The molecule has 1 atom stereocenters. The van der Waals surface area contributed by atoms with Crippen molar-refractivity contribution in [2.75, 3.05) is 0 Å². The van der Waals surface area contributed by atoms with E-state index in [1.807, 2.05) is 18.2 Å². The van der Waals surface area contributed by atoms with Crippen LogP contribution in [-0.2, 0) is 11.2 Å². The largest absolute Gasteiger partial charge is 1.00 e. The predicted molar refractivity (Wildman–Crippen MR) is 73.6 cm³/mol. The lowest BCUT2D eigenvalue weighted by molar-refractivity contribution is -0.395. The number of nitrogens with zero attached hydrogens (tertiary/aromatic N) is 1. The summed E-state index contributed by atoms with van der Waals surface area (Å²) in [6.07, 6.45) is 4.80. The van der Waals surface area contributed by atoms with Gasteiger partial charge < -0.3 is 23.5 Å². The third kappa shape index (κ3) is 2.72. The van der Waals surface area contributed by atoms with E-state index in [0.717, 1.165) is 37.9 Å². The fraction of sp³-hybridized carbons (Fsp3) is 0.467.